The van der Waals surface area contributed by atoms with Crippen molar-refractivity contribution in [2.45, 2.75) is 0 Å². The van der Waals surface area contributed by atoms with Gasteiger partial charge < -0.3 is 18.9 Å². The lowest BCUT2D eigenvalue weighted by Gasteiger charge is -2.21. The average Bonchev–Trinajstić information content (AvgIpc) is 3.71. The van der Waals surface area contributed by atoms with E-state index >= 15 is 0 Å². The van der Waals surface area contributed by atoms with Gasteiger partial charge in [0.05, 0.1) is 30.2 Å². The molecule has 49 heavy (non-hydrogen) atoms. The van der Waals surface area contributed by atoms with Crippen molar-refractivity contribution in [3.8, 4) is 50.8 Å². The number of sulfonamides is 1. The van der Waals surface area contributed by atoms with Crippen LogP contribution in [-0.4, -0.2) is 56.7 Å². The molecule has 7 aromatic rings. The Morgan fingerprint density at radius 2 is 1.57 bits per heavy atom. The van der Waals surface area contributed by atoms with Crippen molar-refractivity contribution < 1.29 is 31.2 Å². The van der Waals surface area contributed by atoms with Gasteiger partial charge in [0, 0.05) is 54.6 Å². The number of hydrogen-bond donors (Lipinski definition) is 1. The number of ether oxygens (including phenoxy) is 1. The first-order valence-electron chi connectivity index (χ1n) is 14.9. The van der Waals surface area contributed by atoms with E-state index in [2.05, 4.69) is 15.3 Å². The van der Waals surface area contributed by atoms with Gasteiger partial charge in [0.15, 0.2) is 5.58 Å². The molecular formula is C36H28FN5O6S. The van der Waals surface area contributed by atoms with Crippen molar-refractivity contribution in [1.82, 2.24) is 20.3 Å². The number of aromatic nitrogens is 3. The second kappa shape index (κ2) is 12.2. The predicted octanol–water partition coefficient (Wildman–Crippen LogP) is 6.94. The highest BCUT2D eigenvalue weighted by Crippen LogP contribution is 2.43. The number of furan rings is 1. The van der Waals surface area contributed by atoms with Gasteiger partial charge in [0.2, 0.25) is 15.9 Å². The van der Waals surface area contributed by atoms with Crippen LogP contribution in [0.2, 0.25) is 0 Å². The first-order valence-corrected chi connectivity index (χ1v) is 16.8. The molecule has 0 saturated heterocycles. The van der Waals surface area contributed by atoms with E-state index in [4.69, 9.17) is 18.6 Å². The minimum atomic E-state index is -3.75. The number of halogens is 1. The van der Waals surface area contributed by atoms with E-state index in [1.54, 1.807) is 42.7 Å². The Kier molecular flexibility index (Phi) is 7.83. The molecule has 0 bridgehead atoms. The number of nitrogens with zero attached hydrogens (tertiary/aromatic N) is 4. The molecule has 3 heterocycles. The van der Waals surface area contributed by atoms with E-state index < -0.39 is 21.7 Å². The summed E-state index contributed by atoms with van der Waals surface area (Å²) in [5.41, 5.74) is 5.65. The van der Waals surface area contributed by atoms with Crippen LogP contribution >= 0.6 is 0 Å². The number of fused-ring (bicyclic) bond motifs is 2. The maximum Gasteiger partial charge on any atom is 0.255 e. The van der Waals surface area contributed by atoms with Gasteiger partial charge in [-0.2, -0.15) is 0 Å². The third-order valence-electron chi connectivity index (χ3n) is 8.23. The van der Waals surface area contributed by atoms with Crippen LogP contribution in [0.3, 0.4) is 0 Å². The molecule has 1 N–H and O–H groups in total. The van der Waals surface area contributed by atoms with E-state index in [1.807, 2.05) is 18.2 Å². The summed E-state index contributed by atoms with van der Waals surface area (Å²) in [7, 11) is 0.710. The molecule has 0 aliphatic rings. The Morgan fingerprint density at radius 1 is 0.857 bits per heavy atom. The molecule has 13 heteroatoms. The van der Waals surface area contributed by atoms with Gasteiger partial charge in [-0.3, -0.25) is 9.10 Å². The van der Waals surface area contributed by atoms with Gasteiger partial charge in [-0.15, -0.1) is 0 Å². The zero-order valence-electron chi connectivity index (χ0n) is 26.7. The number of carbonyl (C=O) groups excluding carboxylic acids is 1. The molecule has 0 saturated carbocycles. The SMILES string of the molecule is CNC(=O)c1c(-c2ccc(F)cc2)oc2cc(N(C)S(C)(=O)=O)c(-c3ccc(OC)c(-c4nc5cc(-c6cncnc6)ccc5o4)c3)cc12. The van der Waals surface area contributed by atoms with Crippen molar-refractivity contribution in [1.29, 1.82) is 0 Å². The minimum Gasteiger partial charge on any atom is -0.496 e. The maximum absolute atomic E-state index is 13.8. The highest BCUT2D eigenvalue weighted by atomic mass is 32.2. The summed E-state index contributed by atoms with van der Waals surface area (Å²) in [6.45, 7) is 0. The lowest BCUT2D eigenvalue weighted by Crippen LogP contribution is -2.25. The second-order valence-corrected chi connectivity index (χ2v) is 13.2. The number of amides is 1. The van der Waals surface area contributed by atoms with Crippen molar-refractivity contribution in [2.75, 3.05) is 31.8 Å². The van der Waals surface area contributed by atoms with E-state index in [1.165, 1.54) is 51.8 Å². The van der Waals surface area contributed by atoms with Crippen LogP contribution in [0.25, 0.3) is 67.1 Å². The molecule has 1 amide bonds. The summed E-state index contributed by atoms with van der Waals surface area (Å²) < 4.78 is 58.8. The number of methoxy groups -OCH3 is 1. The van der Waals surface area contributed by atoms with E-state index in [-0.39, 0.29) is 22.8 Å². The summed E-state index contributed by atoms with van der Waals surface area (Å²) in [5, 5.41) is 3.08. The summed E-state index contributed by atoms with van der Waals surface area (Å²) in [4.78, 5) is 26.3. The fraction of sp³-hybridized carbons (Fsp3) is 0.111. The van der Waals surface area contributed by atoms with Crippen molar-refractivity contribution in [3.63, 3.8) is 0 Å². The van der Waals surface area contributed by atoms with Gasteiger partial charge in [-0.05, 0) is 65.7 Å². The van der Waals surface area contributed by atoms with Gasteiger partial charge in [0.25, 0.3) is 5.91 Å². The molecule has 246 valence electrons. The van der Waals surface area contributed by atoms with E-state index in [0.29, 0.717) is 50.2 Å². The zero-order valence-corrected chi connectivity index (χ0v) is 27.5. The molecule has 0 fully saturated rings. The average molecular weight is 678 g/mol. The van der Waals surface area contributed by atoms with Gasteiger partial charge >= 0.3 is 0 Å². The quantitative estimate of drug-likeness (QED) is 0.181. The van der Waals surface area contributed by atoms with Crippen LogP contribution in [0.5, 0.6) is 5.75 Å². The molecule has 3 aromatic heterocycles. The number of hydrogen-bond acceptors (Lipinski definition) is 9. The summed E-state index contributed by atoms with van der Waals surface area (Å²) in [6.07, 6.45) is 5.98. The van der Waals surface area contributed by atoms with Crippen LogP contribution in [0.1, 0.15) is 10.4 Å². The second-order valence-electron chi connectivity index (χ2n) is 11.2. The lowest BCUT2D eigenvalue weighted by molar-refractivity contribution is 0.0964. The topological polar surface area (TPSA) is 141 Å². The number of nitrogens with one attached hydrogen (secondary N) is 1. The number of carbonyl (C=O) groups is 1. The number of anilines is 1. The summed E-state index contributed by atoms with van der Waals surface area (Å²) >= 11 is 0. The molecule has 7 rings (SSSR count). The van der Waals surface area contributed by atoms with Gasteiger partial charge in [-0.25, -0.2) is 27.8 Å². The number of oxazole rings is 1. The molecule has 0 unspecified atom stereocenters. The molecule has 0 aliphatic carbocycles. The molecule has 0 spiro atoms. The molecular weight excluding hydrogens is 649 g/mol. The number of benzene rings is 4. The van der Waals surface area contributed by atoms with Crippen LogP contribution in [-0.2, 0) is 10.0 Å². The zero-order chi connectivity index (χ0) is 34.4. The van der Waals surface area contributed by atoms with Crippen molar-refractivity contribution in [3.05, 3.63) is 103 Å². The monoisotopic (exact) mass is 677 g/mol. The first kappa shape index (κ1) is 31.5. The minimum absolute atomic E-state index is 0.211. The standard InChI is InChI=1S/C36H28FN5O6S/c1-38-35(43)33-26-15-25(29(42(2)49(4,44)45)16-32(26)47-34(33)20-5-9-24(37)10-6-20)22-8-11-30(46-3)27(13-22)36-41-28-14-21(7-12-31(28)48-36)23-17-39-19-40-18-23/h5-19H,1-4H3,(H,38,43). The highest BCUT2D eigenvalue weighted by molar-refractivity contribution is 7.92. The van der Waals surface area contributed by atoms with Gasteiger partial charge in [-0.1, -0.05) is 12.1 Å². The van der Waals surface area contributed by atoms with E-state index in [0.717, 1.165) is 21.7 Å². The fourth-order valence-corrected chi connectivity index (χ4v) is 6.18. The van der Waals surface area contributed by atoms with Crippen LogP contribution in [0, 0.1) is 5.82 Å². The molecule has 0 aliphatic heterocycles. The summed E-state index contributed by atoms with van der Waals surface area (Å²) in [6, 6.07) is 19.7. The first-order chi connectivity index (χ1) is 23.5. The molecule has 0 radical (unpaired) electrons. The van der Waals surface area contributed by atoms with Crippen LogP contribution < -0.4 is 14.4 Å². The molecule has 11 nitrogen and oxygen atoms in total. The Hall–Kier alpha value is -6.08. The third kappa shape index (κ3) is 5.74. The smallest absolute Gasteiger partial charge is 0.255 e. The number of rotatable bonds is 8. The van der Waals surface area contributed by atoms with Crippen molar-refractivity contribution >= 4 is 43.7 Å². The Balaban J connectivity index is 1.44. The Labute approximate surface area is 280 Å². The van der Waals surface area contributed by atoms with E-state index in [9.17, 15) is 17.6 Å². The molecule has 4 aromatic carbocycles. The molecule has 0 atom stereocenters. The highest BCUT2D eigenvalue weighted by Gasteiger charge is 2.27. The predicted molar refractivity (Wildman–Crippen MR) is 184 cm³/mol. The maximum atomic E-state index is 13.8. The Morgan fingerprint density at radius 3 is 2.27 bits per heavy atom. The van der Waals surface area contributed by atoms with Gasteiger partial charge in [0.1, 0.15) is 34.8 Å². The van der Waals surface area contributed by atoms with Crippen LogP contribution in [0.4, 0.5) is 10.1 Å². The fourth-order valence-electron chi connectivity index (χ4n) is 5.67. The lowest BCUT2D eigenvalue weighted by atomic mass is 9.97. The summed E-state index contributed by atoms with van der Waals surface area (Å²) in [5.74, 6) is 0.0850. The third-order valence-corrected chi connectivity index (χ3v) is 9.42. The normalized spacial score (nSPS) is 11.6. The van der Waals surface area contributed by atoms with Crippen LogP contribution in [0.15, 0.2) is 100 Å². The Bertz CT molecular complexity index is 2500. The largest absolute Gasteiger partial charge is 0.496 e. The van der Waals surface area contributed by atoms with Crippen molar-refractivity contribution in [2.24, 2.45) is 0 Å².